The molecule has 0 saturated heterocycles. The highest BCUT2D eigenvalue weighted by Crippen LogP contribution is 2.30. The Morgan fingerprint density at radius 2 is 2.57 bits per heavy atom. The van der Waals surface area contributed by atoms with Crippen LogP contribution < -0.4 is 5.73 Å². The maximum absolute atomic E-state index is 10.3. The van der Waals surface area contributed by atoms with Crippen molar-refractivity contribution in [2.45, 2.75) is 43.7 Å². The smallest absolute Gasteiger partial charge is 0.0953 e. The lowest BCUT2D eigenvalue weighted by atomic mass is 9.80. The summed E-state index contributed by atoms with van der Waals surface area (Å²) in [6.07, 6.45) is 6.10. The summed E-state index contributed by atoms with van der Waals surface area (Å²) >= 11 is 1.60. The van der Waals surface area contributed by atoms with Crippen LogP contribution in [0.1, 0.15) is 30.7 Å². The van der Waals surface area contributed by atoms with Gasteiger partial charge in [-0.15, -0.1) is 11.3 Å². The van der Waals surface area contributed by atoms with Crippen molar-refractivity contribution in [3.63, 3.8) is 0 Å². The molecule has 3 N–H and O–H groups in total. The second-order valence-corrected chi connectivity index (χ2v) is 5.16. The van der Waals surface area contributed by atoms with E-state index >= 15 is 0 Å². The maximum atomic E-state index is 10.3. The molecule has 1 saturated carbocycles. The third-order valence-corrected chi connectivity index (χ3v) is 3.60. The average molecular weight is 212 g/mol. The van der Waals surface area contributed by atoms with Gasteiger partial charge >= 0.3 is 0 Å². The lowest BCUT2D eigenvalue weighted by Crippen LogP contribution is -2.42. The van der Waals surface area contributed by atoms with E-state index in [2.05, 4.69) is 4.98 Å². The van der Waals surface area contributed by atoms with Crippen LogP contribution in [0, 0.1) is 0 Å². The first-order valence-corrected chi connectivity index (χ1v) is 5.92. The highest BCUT2D eigenvalue weighted by atomic mass is 32.1. The molecule has 14 heavy (non-hydrogen) atoms. The minimum Gasteiger partial charge on any atom is -0.389 e. The molecule has 78 valence electrons. The highest BCUT2D eigenvalue weighted by Gasteiger charge is 2.33. The predicted molar refractivity (Wildman–Crippen MR) is 57.2 cm³/mol. The average Bonchev–Trinajstić information content (AvgIpc) is 2.55. The SMILES string of the molecule is NC1CCCC(O)(Cc2nccs2)C1. The first kappa shape index (κ1) is 10.1. The lowest BCUT2D eigenvalue weighted by Gasteiger charge is -2.34. The monoisotopic (exact) mass is 212 g/mol. The Morgan fingerprint density at radius 3 is 3.21 bits per heavy atom. The number of rotatable bonds is 2. The van der Waals surface area contributed by atoms with Crippen molar-refractivity contribution in [3.05, 3.63) is 16.6 Å². The fourth-order valence-electron chi connectivity index (χ4n) is 2.17. The molecular formula is C10H16N2OS. The molecule has 0 radical (unpaired) electrons. The van der Waals surface area contributed by atoms with Crippen molar-refractivity contribution < 1.29 is 5.11 Å². The minimum atomic E-state index is -0.602. The quantitative estimate of drug-likeness (QED) is 0.777. The van der Waals surface area contributed by atoms with Crippen LogP contribution in [0.2, 0.25) is 0 Å². The molecule has 1 aromatic rings. The van der Waals surface area contributed by atoms with Crippen molar-refractivity contribution in [2.75, 3.05) is 0 Å². The predicted octanol–water partition coefficient (Wildman–Crippen LogP) is 1.32. The number of thiazole rings is 1. The second-order valence-electron chi connectivity index (χ2n) is 4.18. The Hall–Kier alpha value is -0.450. The number of nitrogens with two attached hydrogens (primary N) is 1. The molecule has 3 nitrogen and oxygen atoms in total. The molecule has 2 atom stereocenters. The zero-order valence-electron chi connectivity index (χ0n) is 8.15. The fraction of sp³-hybridized carbons (Fsp3) is 0.700. The van der Waals surface area contributed by atoms with E-state index < -0.39 is 5.60 Å². The molecule has 2 unspecified atom stereocenters. The van der Waals surface area contributed by atoms with Gasteiger partial charge in [0.15, 0.2) is 0 Å². The molecule has 0 bridgehead atoms. The standard InChI is InChI=1S/C10H16N2OS/c11-8-2-1-3-10(13,6-8)7-9-12-4-5-14-9/h4-5,8,13H,1-3,6-7,11H2. The van der Waals surface area contributed by atoms with Gasteiger partial charge in [-0.3, -0.25) is 0 Å². The summed E-state index contributed by atoms with van der Waals surface area (Å²) in [6, 6.07) is 0.161. The second kappa shape index (κ2) is 3.96. The summed E-state index contributed by atoms with van der Waals surface area (Å²) in [5, 5.41) is 13.3. The van der Waals surface area contributed by atoms with Gasteiger partial charge in [-0.2, -0.15) is 0 Å². The van der Waals surface area contributed by atoms with Crippen molar-refractivity contribution in [3.8, 4) is 0 Å². The molecule has 1 heterocycles. The van der Waals surface area contributed by atoms with Gasteiger partial charge in [-0.1, -0.05) is 0 Å². The largest absolute Gasteiger partial charge is 0.389 e. The van der Waals surface area contributed by atoms with Crippen LogP contribution in [0.25, 0.3) is 0 Å². The lowest BCUT2D eigenvalue weighted by molar-refractivity contribution is -0.00193. The molecular weight excluding hydrogens is 196 g/mol. The molecule has 0 spiro atoms. The molecule has 0 aromatic carbocycles. The van der Waals surface area contributed by atoms with Gasteiger partial charge in [0.25, 0.3) is 0 Å². The summed E-state index contributed by atoms with van der Waals surface area (Å²) < 4.78 is 0. The van der Waals surface area contributed by atoms with Crippen molar-refractivity contribution in [2.24, 2.45) is 5.73 Å². The summed E-state index contributed by atoms with van der Waals surface area (Å²) in [5.74, 6) is 0. The van der Waals surface area contributed by atoms with E-state index in [1.165, 1.54) is 0 Å². The van der Waals surface area contributed by atoms with Crippen molar-refractivity contribution >= 4 is 11.3 Å². The van der Waals surface area contributed by atoms with Crippen LogP contribution in [-0.4, -0.2) is 21.7 Å². The first-order valence-electron chi connectivity index (χ1n) is 5.04. The number of aliphatic hydroxyl groups is 1. The Balaban J connectivity index is 2.01. The number of nitrogens with zero attached hydrogens (tertiary/aromatic N) is 1. The third-order valence-electron chi connectivity index (χ3n) is 2.82. The number of hydrogen-bond acceptors (Lipinski definition) is 4. The molecule has 0 aliphatic heterocycles. The van der Waals surface area contributed by atoms with E-state index in [0.717, 1.165) is 24.3 Å². The first-order chi connectivity index (χ1) is 6.68. The van der Waals surface area contributed by atoms with Gasteiger partial charge in [0.2, 0.25) is 0 Å². The van der Waals surface area contributed by atoms with Gasteiger partial charge < -0.3 is 10.8 Å². The minimum absolute atomic E-state index is 0.161. The summed E-state index contributed by atoms with van der Waals surface area (Å²) in [7, 11) is 0. The summed E-state index contributed by atoms with van der Waals surface area (Å²) in [4.78, 5) is 4.20. The van der Waals surface area contributed by atoms with Gasteiger partial charge in [0, 0.05) is 24.0 Å². The van der Waals surface area contributed by atoms with E-state index in [1.54, 1.807) is 17.5 Å². The highest BCUT2D eigenvalue weighted by molar-refractivity contribution is 7.09. The van der Waals surface area contributed by atoms with E-state index in [4.69, 9.17) is 5.73 Å². The molecule has 0 amide bonds. The molecule has 1 aliphatic carbocycles. The van der Waals surface area contributed by atoms with E-state index in [-0.39, 0.29) is 6.04 Å². The van der Waals surface area contributed by atoms with Gasteiger partial charge in [0.1, 0.15) is 0 Å². The van der Waals surface area contributed by atoms with Crippen LogP contribution in [0.15, 0.2) is 11.6 Å². The maximum Gasteiger partial charge on any atom is 0.0953 e. The zero-order chi connectivity index (χ0) is 10.0. The molecule has 4 heteroatoms. The fourth-order valence-corrected chi connectivity index (χ4v) is 2.92. The van der Waals surface area contributed by atoms with Crippen LogP contribution in [0.3, 0.4) is 0 Å². The Bertz CT molecular complexity index is 288. The third kappa shape index (κ3) is 2.32. The summed E-state index contributed by atoms with van der Waals surface area (Å²) in [6.45, 7) is 0. The van der Waals surface area contributed by atoms with E-state index in [0.29, 0.717) is 12.8 Å². The Labute approximate surface area is 88.0 Å². The molecule has 1 aliphatic rings. The van der Waals surface area contributed by atoms with Gasteiger partial charge in [-0.25, -0.2) is 4.98 Å². The van der Waals surface area contributed by atoms with Crippen molar-refractivity contribution in [1.82, 2.24) is 4.98 Å². The Kier molecular flexibility index (Phi) is 2.85. The van der Waals surface area contributed by atoms with Crippen LogP contribution in [-0.2, 0) is 6.42 Å². The molecule has 1 aromatic heterocycles. The van der Waals surface area contributed by atoms with Crippen LogP contribution in [0.4, 0.5) is 0 Å². The van der Waals surface area contributed by atoms with Crippen LogP contribution in [0.5, 0.6) is 0 Å². The normalized spacial score (nSPS) is 33.1. The number of hydrogen-bond donors (Lipinski definition) is 2. The summed E-state index contributed by atoms with van der Waals surface area (Å²) in [5.41, 5.74) is 5.26. The van der Waals surface area contributed by atoms with Crippen molar-refractivity contribution in [1.29, 1.82) is 0 Å². The molecule has 1 fully saturated rings. The zero-order valence-corrected chi connectivity index (χ0v) is 8.96. The van der Waals surface area contributed by atoms with E-state index in [1.807, 2.05) is 5.38 Å². The van der Waals surface area contributed by atoms with Gasteiger partial charge in [-0.05, 0) is 25.7 Å². The van der Waals surface area contributed by atoms with E-state index in [9.17, 15) is 5.11 Å². The van der Waals surface area contributed by atoms with Gasteiger partial charge in [0.05, 0.1) is 10.6 Å². The molecule has 2 rings (SSSR count). The topological polar surface area (TPSA) is 59.1 Å². The number of aromatic nitrogens is 1. The Morgan fingerprint density at radius 1 is 1.71 bits per heavy atom. The van der Waals surface area contributed by atoms with Crippen LogP contribution >= 0.6 is 11.3 Å².